The van der Waals surface area contributed by atoms with E-state index in [0.29, 0.717) is 6.04 Å². The molecule has 1 aliphatic rings. The maximum atomic E-state index is 5.21. The van der Waals surface area contributed by atoms with E-state index >= 15 is 0 Å². The number of methoxy groups -OCH3 is 1. The Morgan fingerprint density at radius 2 is 2.20 bits per heavy atom. The highest BCUT2D eigenvalue weighted by Gasteiger charge is 2.20. The van der Waals surface area contributed by atoms with Crippen LogP contribution < -0.4 is 5.32 Å². The van der Waals surface area contributed by atoms with Crippen molar-refractivity contribution in [3.63, 3.8) is 0 Å². The SMILES string of the molecule is CCNC(COC)CN(C)CC1CCC1. The van der Waals surface area contributed by atoms with Gasteiger partial charge in [-0.3, -0.25) is 0 Å². The molecule has 0 aromatic carbocycles. The summed E-state index contributed by atoms with van der Waals surface area (Å²) in [5.74, 6) is 0.958. The van der Waals surface area contributed by atoms with Crippen LogP contribution in [0.5, 0.6) is 0 Å². The van der Waals surface area contributed by atoms with Gasteiger partial charge in [0.25, 0.3) is 0 Å². The van der Waals surface area contributed by atoms with Gasteiger partial charge in [-0.05, 0) is 32.4 Å². The third-order valence-electron chi connectivity index (χ3n) is 3.19. The van der Waals surface area contributed by atoms with E-state index < -0.39 is 0 Å². The van der Waals surface area contributed by atoms with E-state index in [2.05, 4.69) is 24.2 Å². The van der Waals surface area contributed by atoms with Gasteiger partial charge in [-0.2, -0.15) is 0 Å². The van der Waals surface area contributed by atoms with Crippen molar-refractivity contribution in [3.05, 3.63) is 0 Å². The molecule has 1 saturated carbocycles. The molecule has 1 unspecified atom stereocenters. The molecule has 15 heavy (non-hydrogen) atoms. The van der Waals surface area contributed by atoms with Gasteiger partial charge in [-0.25, -0.2) is 0 Å². The largest absolute Gasteiger partial charge is 0.383 e. The second-order valence-corrected chi connectivity index (χ2v) is 4.73. The molecule has 3 heteroatoms. The Labute approximate surface area is 94.2 Å². The van der Waals surface area contributed by atoms with Gasteiger partial charge in [0, 0.05) is 26.2 Å². The zero-order chi connectivity index (χ0) is 11.1. The van der Waals surface area contributed by atoms with Gasteiger partial charge in [0.1, 0.15) is 0 Å². The van der Waals surface area contributed by atoms with E-state index in [-0.39, 0.29) is 0 Å². The molecule has 0 aromatic rings. The molecular formula is C12H26N2O. The number of ether oxygens (including phenoxy) is 1. The summed E-state index contributed by atoms with van der Waals surface area (Å²) in [6, 6.07) is 0.477. The summed E-state index contributed by atoms with van der Waals surface area (Å²) in [4.78, 5) is 2.44. The Balaban J connectivity index is 2.15. The Bertz CT molecular complexity index is 154. The minimum absolute atomic E-state index is 0.477. The van der Waals surface area contributed by atoms with Crippen LogP contribution in [0.3, 0.4) is 0 Å². The first-order chi connectivity index (χ1) is 7.26. The number of nitrogens with one attached hydrogen (secondary N) is 1. The molecule has 1 rings (SSSR count). The minimum Gasteiger partial charge on any atom is -0.383 e. The van der Waals surface area contributed by atoms with E-state index in [9.17, 15) is 0 Å². The van der Waals surface area contributed by atoms with Crippen molar-refractivity contribution >= 4 is 0 Å². The molecule has 0 aliphatic heterocycles. The third-order valence-corrected chi connectivity index (χ3v) is 3.19. The molecule has 0 amide bonds. The molecule has 90 valence electrons. The van der Waals surface area contributed by atoms with Gasteiger partial charge < -0.3 is 15.0 Å². The molecule has 0 saturated heterocycles. The van der Waals surface area contributed by atoms with Crippen molar-refractivity contribution in [2.24, 2.45) is 5.92 Å². The van der Waals surface area contributed by atoms with Gasteiger partial charge in [0.05, 0.1) is 6.61 Å². The van der Waals surface area contributed by atoms with E-state index in [1.165, 1.54) is 25.8 Å². The lowest BCUT2D eigenvalue weighted by molar-refractivity contribution is 0.132. The molecule has 0 heterocycles. The summed E-state index contributed by atoms with van der Waals surface area (Å²) in [7, 11) is 3.99. The van der Waals surface area contributed by atoms with Crippen molar-refractivity contribution in [3.8, 4) is 0 Å². The van der Waals surface area contributed by atoms with Gasteiger partial charge in [-0.1, -0.05) is 13.3 Å². The van der Waals surface area contributed by atoms with Crippen molar-refractivity contribution in [1.29, 1.82) is 0 Å². The molecule has 1 N–H and O–H groups in total. The van der Waals surface area contributed by atoms with Crippen LogP contribution in [0.4, 0.5) is 0 Å². The molecule has 0 spiro atoms. The molecule has 3 nitrogen and oxygen atoms in total. The summed E-state index contributed by atoms with van der Waals surface area (Å²) in [5.41, 5.74) is 0. The smallest absolute Gasteiger partial charge is 0.0628 e. The Morgan fingerprint density at radius 1 is 1.47 bits per heavy atom. The van der Waals surface area contributed by atoms with Crippen LogP contribution in [0.25, 0.3) is 0 Å². The topological polar surface area (TPSA) is 24.5 Å². The first-order valence-electron chi connectivity index (χ1n) is 6.17. The molecule has 1 fully saturated rings. The average molecular weight is 214 g/mol. The number of rotatable bonds is 8. The van der Waals surface area contributed by atoms with Gasteiger partial charge >= 0.3 is 0 Å². The zero-order valence-corrected chi connectivity index (χ0v) is 10.5. The van der Waals surface area contributed by atoms with E-state index in [1.54, 1.807) is 7.11 Å². The van der Waals surface area contributed by atoms with E-state index in [0.717, 1.165) is 25.6 Å². The maximum absolute atomic E-state index is 5.21. The molecule has 1 aliphatic carbocycles. The lowest BCUT2D eigenvalue weighted by atomic mass is 9.85. The zero-order valence-electron chi connectivity index (χ0n) is 10.5. The van der Waals surface area contributed by atoms with Crippen molar-refractivity contribution in [2.75, 3.05) is 40.4 Å². The third kappa shape index (κ3) is 4.96. The normalized spacial score (nSPS) is 19.2. The van der Waals surface area contributed by atoms with Crippen LogP contribution >= 0.6 is 0 Å². The standard InChI is InChI=1S/C12H26N2O/c1-4-13-12(10-15-3)9-14(2)8-11-6-5-7-11/h11-13H,4-10H2,1-3H3. The highest BCUT2D eigenvalue weighted by atomic mass is 16.5. The van der Waals surface area contributed by atoms with E-state index in [4.69, 9.17) is 4.74 Å². The van der Waals surface area contributed by atoms with Crippen LogP contribution in [0.2, 0.25) is 0 Å². The van der Waals surface area contributed by atoms with Crippen LogP contribution in [0, 0.1) is 5.92 Å². The fraction of sp³-hybridized carbons (Fsp3) is 1.00. The Morgan fingerprint density at radius 3 is 2.67 bits per heavy atom. The number of hydrogen-bond donors (Lipinski definition) is 1. The quantitative estimate of drug-likeness (QED) is 0.660. The van der Waals surface area contributed by atoms with Crippen molar-refractivity contribution in [1.82, 2.24) is 10.2 Å². The molecular weight excluding hydrogens is 188 g/mol. The molecule has 0 aromatic heterocycles. The summed E-state index contributed by atoms with van der Waals surface area (Å²) >= 11 is 0. The fourth-order valence-electron chi connectivity index (χ4n) is 2.23. The monoisotopic (exact) mass is 214 g/mol. The molecule has 0 bridgehead atoms. The summed E-state index contributed by atoms with van der Waals surface area (Å²) < 4.78 is 5.21. The first kappa shape index (κ1) is 12.9. The number of hydrogen-bond acceptors (Lipinski definition) is 3. The van der Waals surface area contributed by atoms with Crippen molar-refractivity contribution < 1.29 is 4.74 Å². The lowest BCUT2D eigenvalue weighted by Crippen LogP contribution is -2.44. The first-order valence-corrected chi connectivity index (χ1v) is 6.17. The molecule has 0 radical (unpaired) electrons. The Kier molecular flexibility index (Phi) is 6.22. The van der Waals surface area contributed by atoms with Crippen molar-refractivity contribution in [2.45, 2.75) is 32.2 Å². The lowest BCUT2D eigenvalue weighted by Gasteiger charge is -2.32. The van der Waals surface area contributed by atoms with Crippen LogP contribution in [0.1, 0.15) is 26.2 Å². The second kappa shape index (κ2) is 7.20. The van der Waals surface area contributed by atoms with Gasteiger partial charge in [0.15, 0.2) is 0 Å². The predicted molar refractivity (Wildman–Crippen MR) is 64.2 cm³/mol. The highest BCUT2D eigenvalue weighted by Crippen LogP contribution is 2.26. The van der Waals surface area contributed by atoms with E-state index in [1.807, 2.05) is 0 Å². The predicted octanol–water partition coefficient (Wildman–Crippen LogP) is 1.34. The maximum Gasteiger partial charge on any atom is 0.0628 e. The van der Waals surface area contributed by atoms with Crippen LogP contribution in [0.15, 0.2) is 0 Å². The number of nitrogens with zero attached hydrogens (tertiary/aromatic N) is 1. The summed E-state index contributed by atoms with van der Waals surface area (Å²) in [6.45, 7) is 6.33. The second-order valence-electron chi connectivity index (χ2n) is 4.73. The number of likely N-dealkylation sites (N-methyl/N-ethyl adjacent to an activating group) is 2. The average Bonchev–Trinajstić information content (AvgIpc) is 2.12. The Hall–Kier alpha value is -0.120. The van der Waals surface area contributed by atoms with Crippen LogP contribution in [-0.4, -0.2) is 51.3 Å². The summed E-state index contributed by atoms with van der Waals surface area (Å²) in [6.07, 6.45) is 4.30. The summed E-state index contributed by atoms with van der Waals surface area (Å²) in [5, 5.41) is 3.46. The highest BCUT2D eigenvalue weighted by molar-refractivity contribution is 4.75. The van der Waals surface area contributed by atoms with Crippen LogP contribution in [-0.2, 0) is 4.74 Å². The minimum atomic E-state index is 0.477. The fourth-order valence-corrected chi connectivity index (χ4v) is 2.23. The van der Waals surface area contributed by atoms with Gasteiger partial charge in [0.2, 0.25) is 0 Å². The van der Waals surface area contributed by atoms with Gasteiger partial charge in [-0.15, -0.1) is 0 Å². The molecule has 1 atom stereocenters.